The monoisotopic (exact) mass is 532 g/mol. The zero-order chi connectivity index (χ0) is 25.8. The zero-order valence-electron chi connectivity index (χ0n) is 20.5. The second-order valence-electron chi connectivity index (χ2n) is 11.7. The molecule has 10 heteroatoms. The molecule has 3 atom stereocenters. The Kier molecular flexibility index (Phi) is 4.94. The number of hydrogen-bond acceptors (Lipinski definition) is 6. The highest BCUT2D eigenvalue weighted by Crippen LogP contribution is 2.70. The van der Waals surface area contributed by atoms with Crippen LogP contribution >= 0.6 is 23.2 Å². The van der Waals surface area contributed by atoms with E-state index < -0.39 is 40.4 Å². The van der Waals surface area contributed by atoms with Crippen LogP contribution in [0.5, 0.6) is 0 Å². The number of ether oxygens (including phenoxy) is 1. The van der Waals surface area contributed by atoms with E-state index in [0.717, 1.165) is 12.8 Å². The first-order valence-electron chi connectivity index (χ1n) is 12.2. The van der Waals surface area contributed by atoms with Crippen LogP contribution in [0, 0.1) is 11.2 Å². The van der Waals surface area contributed by atoms with Crippen molar-refractivity contribution >= 4 is 40.8 Å². The number of amides is 1. The number of halogens is 3. The average Bonchev–Trinajstić information content (AvgIpc) is 3.32. The van der Waals surface area contributed by atoms with Crippen LogP contribution in [0.3, 0.4) is 0 Å². The van der Waals surface area contributed by atoms with Crippen molar-refractivity contribution in [3.05, 3.63) is 51.8 Å². The summed E-state index contributed by atoms with van der Waals surface area (Å²) in [5.74, 6) is -2.44. The third kappa shape index (κ3) is 2.83. The van der Waals surface area contributed by atoms with Crippen LogP contribution in [0.4, 0.5) is 10.1 Å². The van der Waals surface area contributed by atoms with Crippen LogP contribution in [-0.2, 0) is 19.7 Å². The Hall–Kier alpha value is -2.29. The topological polar surface area (TPSA) is 84.4 Å². The van der Waals surface area contributed by atoms with Gasteiger partial charge in [-0.25, -0.2) is 19.3 Å². The van der Waals surface area contributed by atoms with Crippen LogP contribution in [0.1, 0.15) is 70.4 Å². The molecule has 2 aromatic heterocycles. The number of nitrogens with one attached hydrogen (secondary N) is 1. The molecule has 5 heterocycles. The Morgan fingerprint density at radius 2 is 1.81 bits per heavy atom. The van der Waals surface area contributed by atoms with E-state index in [-0.39, 0.29) is 27.2 Å². The van der Waals surface area contributed by atoms with E-state index >= 15 is 4.39 Å². The van der Waals surface area contributed by atoms with Gasteiger partial charge in [-0.15, -0.1) is 0 Å². The summed E-state index contributed by atoms with van der Waals surface area (Å²) in [6, 6.07) is 2.23. The molecular formula is C26H27Cl2FN4O3. The molecule has 2 aromatic rings. The molecule has 2 spiro atoms. The van der Waals surface area contributed by atoms with Crippen LogP contribution < -0.4 is 5.32 Å². The van der Waals surface area contributed by atoms with Crippen molar-refractivity contribution in [1.82, 2.24) is 14.9 Å². The van der Waals surface area contributed by atoms with E-state index in [1.807, 2.05) is 13.8 Å². The van der Waals surface area contributed by atoms with Gasteiger partial charge < -0.3 is 10.1 Å². The van der Waals surface area contributed by atoms with E-state index in [1.165, 1.54) is 12.3 Å². The smallest absolute Gasteiger partial charge is 0.325 e. The highest BCUT2D eigenvalue weighted by atomic mass is 35.5. The van der Waals surface area contributed by atoms with E-state index in [0.29, 0.717) is 24.1 Å². The number of anilines is 1. The Morgan fingerprint density at radius 3 is 2.50 bits per heavy atom. The standard InChI is InChI=1S/C26H27Cl2FN4O3/c1-23(2)6-8-25(9-7-23)26(14-12-31-16(27)11-15(14)32-22(26)35)17(13-5-10-30-20(28)18(13)29)19-21(34)36-24(3,4)33(19)25/h5,10-12,17,19H,6-9H2,1-4H3,(H,32,35). The van der Waals surface area contributed by atoms with Gasteiger partial charge >= 0.3 is 5.97 Å². The minimum atomic E-state index is -1.33. The molecule has 2 saturated heterocycles. The summed E-state index contributed by atoms with van der Waals surface area (Å²) >= 11 is 12.4. The van der Waals surface area contributed by atoms with Gasteiger partial charge in [0.1, 0.15) is 16.6 Å². The van der Waals surface area contributed by atoms with Gasteiger partial charge in [0.2, 0.25) is 5.91 Å². The molecular weight excluding hydrogens is 506 g/mol. The fourth-order valence-electron chi connectivity index (χ4n) is 7.59. The summed E-state index contributed by atoms with van der Waals surface area (Å²) in [4.78, 5) is 38.3. The minimum absolute atomic E-state index is 0.0517. The van der Waals surface area contributed by atoms with Crippen LogP contribution in [0.2, 0.25) is 10.3 Å². The second kappa shape index (κ2) is 7.39. The van der Waals surface area contributed by atoms with Gasteiger partial charge in [0.05, 0.1) is 0 Å². The van der Waals surface area contributed by atoms with E-state index in [9.17, 15) is 9.59 Å². The summed E-state index contributed by atoms with van der Waals surface area (Å²) in [5, 5.41) is 2.94. The lowest BCUT2D eigenvalue weighted by Crippen LogP contribution is -2.65. The Morgan fingerprint density at radius 1 is 1.11 bits per heavy atom. The molecule has 7 nitrogen and oxygen atoms in total. The molecule has 3 unspecified atom stereocenters. The Bertz CT molecular complexity index is 1320. The van der Waals surface area contributed by atoms with E-state index in [1.54, 1.807) is 12.3 Å². The lowest BCUT2D eigenvalue weighted by molar-refractivity contribution is -0.161. The van der Waals surface area contributed by atoms with Crippen molar-refractivity contribution in [2.75, 3.05) is 5.32 Å². The number of rotatable bonds is 1. The summed E-state index contributed by atoms with van der Waals surface area (Å²) < 4.78 is 21.7. The van der Waals surface area contributed by atoms with E-state index in [2.05, 4.69) is 34.0 Å². The highest BCUT2D eigenvalue weighted by molar-refractivity contribution is 6.30. The number of cyclic esters (lactones) is 1. The molecule has 1 amide bonds. The van der Waals surface area contributed by atoms with Crippen molar-refractivity contribution < 1.29 is 18.7 Å². The number of pyridine rings is 2. The first-order chi connectivity index (χ1) is 16.9. The molecule has 1 N–H and O–H groups in total. The van der Waals surface area contributed by atoms with Crippen LogP contribution in [0.25, 0.3) is 0 Å². The number of aromatic nitrogens is 2. The highest BCUT2D eigenvalue weighted by Gasteiger charge is 2.80. The maximum atomic E-state index is 15.8. The molecule has 1 saturated carbocycles. The molecule has 3 aliphatic heterocycles. The molecule has 1 aliphatic carbocycles. The van der Waals surface area contributed by atoms with Gasteiger partial charge in [-0.1, -0.05) is 37.0 Å². The molecule has 36 heavy (non-hydrogen) atoms. The number of carbonyl (C=O) groups is 2. The fourth-order valence-corrected chi connectivity index (χ4v) is 7.92. The fraction of sp³-hybridized carbons (Fsp3) is 0.538. The van der Waals surface area contributed by atoms with Gasteiger partial charge in [-0.3, -0.25) is 9.59 Å². The Balaban J connectivity index is 1.73. The number of nitrogens with zero attached hydrogens (tertiary/aromatic N) is 3. The summed E-state index contributed by atoms with van der Waals surface area (Å²) in [6.07, 6.45) is 5.88. The zero-order valence-corrected chi connectivity index (χ0v) is 22.0. The first kappa shape index (κ1) is 24.1. The van der Waals surface area contributed by atoms with Crippen molar-refractivity contribution in [2.45, 2.75) is 82.0 Å². The quantitative estimate of drug-likeness (QED) is 0.400. The van der Waals surface area contributed by atoms with Gasteiger partial charge in [0.25, 0.3) is 0 Å². The first-order valence-corrected chi connectivity index (χ1v) is 12.9. The van der Waals surface area contributed by atoms with Crippen LogP contribution in [-0.4, -0.2) is 44.1 Å². The minimum Gasteiger partial charge on any atom is -0.443 e. The van der Waals surface area contributed by atoms with Crippen molar-refractivity contribution in [3.63, 3.8) is 0 Å². The lowest BCUT2D eigenvalue weighted by Gasteiger charge is -2.55. The van der Waals surface area contributed by atoms with E-state index in [4.69, 9.17) is 27.9 Å². The third-order valence-electron chi connectivity index (χ3n) is 8.97. The number of hydrogen-bond donors (Lipinski definition) is 1. The summed E-state index contributed by atoms with van der Waals surface area (Å²) in [6.45, 7) is 8.09. The molecule has 3 fully saturated rings. The number of fused-ring (bicyclic) bond motifs is 5. The second-order valence-corrected chi connectivity index (χ2v) is 12.4. The van der Waals surface area contributed by atoms with Gasteiger partial charge in [0.15, 0.2) is 16.7 Å². The molecule has 0 aromatic carbocycles. The number of carbonyl (C=O) groups excluding carboxylic acids is 2. The average molecular weight is 533 g/mol. The molecule has 0 radical (unpaired) electrons. The van der Waals surface area contributed by atoms with Gasteiger partial charge in [0, 0.05) is 35.1 Å². The molecule has 6 rings (SSSR count). The molecule has 0 bridgehead atoms. The van der Waals surface area contributed by atoms with Crippen LogP contribution in [0.15, 0.2) is 24.5 Å². The largest absolute Gasteiger partial charge is 0.443 e. The molecule has 190 valence electrons. The van der Waals surface area contributed by atoms with Gasteiger partial charge in [-0.05, 0) is 62.6 Å². The Labute approximate surface area is 218 Å². The van der Waals surface area contributed by atoms with Crippen molar-refractivity contribution in [1.29, 1.82) is 0 Å². The SMILES string of the molecule is CC1(C)CCC2(CC1)N1C(C(=O)OC1(C)C)C(c1ccnc(Cl)c1F)C21C(=O)Nc2cc(Cl)ncc21. The maximum absolute atomic E-state index is 15.8. The van der Waals surface area contributed by atoms with Gasteiger partial charge in [-0.2, -0.15) is 0 Å². The lowest BCUT2D eigenvalue weighted by atomic mass is 9.53. The van der Waals surface area contributed by atoms with Crippen molar-refractivity contribution in [3.8, 4) is 0 Å². The maximum Gasteiger partial charge on any atom is 0.325 e. The predicted octanol–water partition coefficient (Wildman–Crippen LogP) is 5.21. The summed E-state index contributed by atoms with van der Waals surface area (Å²) in [5.41, 5.74) is -1.82. The number of esters is 1. The predicted molar refractivity (Wildman–Crippen MR) is 132 cm³/mol. The van der Waals surface area contributed by atoms with Crippen molar-refractivity contribution in [2.24, 2.45) is 5.41 Å². The normalized spacial score (nSPS) is 31.4. The third-order valence-corrected chi connectivity index (χ3v) is 9.44. The molecule has 4 aliphatic rings. The summed E-state index contributed by atoms with van der Waals surface area (Å²) in [7, 11) is 0.